The number of carbonyl (C=O) groups excluding carboxylic acids is 2. The Labute approximate surface area is 160 Å². The number of rotatable bonds is 4. The van der Waals surface area contributed by atoms with Crippen LogP contribution in [-0.4, -0.2) is 33.4 Å². The molecule has 2 amide bonds. The molecule has 0 fully saturated rings. The Bertz CT molecular complexity index is 1040. The quantitative estimate of drug-likeness (QED) is 0.716. The minimum absolute atomic E-state index is 0.00339. The first-order valence-corrected chi connectivity index (χ1v) is 9.73. The van der Waals surface area contributed by atoms with E-state index in [-0.39, 0.29) is 21.4 Å². The maximum Gasteiger partial charge on any atom is 0.265 e. The zero-order chi connectivity index (χ0) is 19.8. The monoisotopic (exact) mass is 409 g/mol. The fourth-order valence-electron chi connectivity index (χ4n) is 2.45. The Morgan fingerprint density at radius 2 is 1.96 bits per heavy atom. The van der Waals surface area contributed by atoms with Crippen molar-refractivity contribution in [3.8, 4) is 5.75 Å². The molecule has 10 heteroatoms. The average molecular weight is 410 g/mol. The highest BCUT2D eigenvalue weighted by Gasteiger charge is 2.24. The third kappa shape index (κ3) is 3.90. The molecule has 3 N–H and O–H groups in total. The van der Waals surface area contributed by atoms with Gasteiger partial charge in [-0.15, -0.1) is 0 Å². The van der Waals surface area contributed by atoms with E-state index in [1.807, 2.05) is 0 Å². The van der Waals surface area contributed by atoms with Crippen molar-refractivity contribution in [2.45, 2.75) is 17.9 Å². The van der Waals surface area contributed by atoms with Gasteiger partial charge in [0.1, 0.15) is 10.6 Å². The van der Waals surface area contributed by atoms with Crippen molar-refractivity contribution in [2.75, 3.05) is 17.7 Å². The van der Waals surface area contributed by atoms with Gasteiger partial charge < -0.3 is 15.4 Å². The number of amides is 2. The molecule has 0 aromatic heterocycles. The minimum atomic E-state index is -3.81. The van der Waals surface area contributed by atoms with Crippen LogP contribution in [0.3, 0.4) is 0 Å². The second kappa shape index (κ2) is 7.18. The largest absolute Gasteiger partial charge is 0.479 e. The van der Waals surface area contributed by atoms with E-state index >= 15 is 0 Å². The van der Waals surface area contributed by atoms with Crippen molar-refractivity contribution in [3.05, 3.63) is 47.0 Å². The van der Waals surface area contributed by atoms with Crippen LogP contribution in [0.2, 0.25) is 5.02 Å². The van der Waals surface area contributed by atoms with Gasteiger partial charge in [-0.3, -0.25) is 9.59 Å². The van der Waals surface area contributed by atoms with E-state index in [2.05, 4.69) is 15.4 Å². The minimum Gasteiger partial charge on any atom is -0.479 e. The van der Waals surface area contributed by atoms with E-state index in [9.17, 15) is 18.0 Å². The molecule has 0 bridgehead atoms. The van der Waals surface area contributed by atoms with Gasteiger partial charge in [-0.1, -0.05) is 11.6 Å². The molecule has 8 nitrogen and oxygen atoms in total. The van der Waals surface area contributed by atoms with E-state index in [1.165, 1.54) is 25.2 Å². The molecule has 0 radical (unpaired) electrons. The number of sulfonamides is 1. The van der Waals surface area contributed by atoms with E-state index < -0.39 is 22.0 Å². The second-order valence-corrected chi connectivity index (χ2v) is 8.03. The van der Waals surface area contributed by atoms with Gasteiger partial charge >= 0.3 is 0 Å². The average Bonchev–Trinajstić information content (AvgIpc) is 2.63. The summed E-state index contributed by atoms with van der Waals surface area (Å²) in [5.74, 6) is -0.324. The maximum absolute atomic E-state index is 12.5. The van der Waals surface area contributed by atoms with Crippen LogP contribution >= 0.6 is 11.6 Å². The first kappa shape index (κ1) is 19.2. The fourth-order valence-corrected chi connectivity index (χ4v) is 3.70. The number of carbonyl (C=O) groups is 2. The van der Waals surface area contributed by atoms with Gasteiger partial charge in [0.2, 0.25) is 10.0 Å². The summed E-state index contributed by atoms with van der Waals surface area (Å²) in [4.78, 5) is 24.0. The Morgan fingerprint density at radius 1 is 1.22 bits per heavy atom. The number of anilines is 2. The summed E-state index contributed by atoms with van der Waals surface area (Å²) in [6.45, 7) is 1.63. The van der Waals surface area contributed by atoms with E-state index in [0.29, 0.717) is 17.1 Å². The van der Waals surface area contributed by atoms with Gasteiger partial charge in [0.15, 0.2) is 6.10 Å². The first-order valence-electron chi connectivity index (χ1n) is 7.87. The number of halogens is 1. The molecular weight excluding hydrogens is 394 g/mol. The number of nitrogens with one attached hydrogen (secondary N) is 3. The van der Waals surface area contributed by atoms with Crippen molar-refractivity contribution in [2.24, 2.45) is 0 Å². The molecular formula is C17H16ClN3O5S. The fraction of sp³-hybridized carbons (Fsp3) is 0.176. The molecule has 2 aromatic carbocycles. The Hall–Kier alpha value is -2.62. The number of benzene rings is 2. The highest BCUT2D eigenvalue weighted by molar-refractivity contribution is 7.89. The third-order valence-corrected chi connectivity index (χ3v) is 5.82. The first-order chi connectivity index (χ1) is 12.7. The number of hydrogen-bond donors (Lipinski definition) is 3. The van der Waals surface area contributed by atoms with E-state index in [1.54, 1.807) is 25.1 Å². The Kier molecular flexibility index (Phi) is 5.09. The summed E-state index contributed by atoms with van der Waals surface area (Å²) < 4.78 is 31.6. The van der Waals surface area contributed by atoms with E-state index in [4.69, 9.17) is 16.3 Å². The van der Waals surface area contributed by atoms with Crippen LogP contribution in [0.5, 0.6) is 5.75 Å². The highest BCUT2D eigenvalue weighted by Crippen LogP contribution is 2.32. The van der Waals surface area contributed by atoms with Gasteiger partial charge in [0.25, 0.3) is 11.8 Å². The standard InChI is InChI=1S/C17H16ClN3O5S/c1-9-16(22)21-13-8-11(4-6-14(13)26-9)20-17(23)10-3-5-12(18)15(7-10)27(24,25)19-2/h3-9,19H,1-2H3,(H,20,23)(H,21,22). The molecule has 0 spiro atoms. The summed E-state index contributed by atoms with van der Waals surface area (Å²) in [6, 6.07) is 8.73. The van der Waals surface area contributed by atoms with Crippen molar-refractivity contribution >= 4 is 44.8 Å². The molecule has 27 heavy (non-hydrogen) atoms. The maximum atomic E-state index is 12.5. The smallest absolute Gasteiger partial charge is 0.265 e. The summed E-state index contributed by atoms with van der Waals surface area (Å²) in [5, 5.41) is 5.34. The number of fused-ring (bicyclic) bond motifs is 1. The third-order valence-electron chi connectivity index (χ3n) is 3.92. The zero-order valence-corrected chi connectivity index (χ0v) is 15.9. The van der Waals surface area contributed by atoms with Gasteiger partial charge in [0.05, 0.1) is 10.7 Å². The summed E-state index contributed by atoms with van der Waals surface area (Å²) in [7, 11) is -2.55. The van der Waals surface area contributed by atoms with Gasteiger partial charge in [-0.25, -0.2) is 13.1 Å². The van der Waals surface area contributed by atoms with Crippen molar-refractivity contribution in [1.29, 1.82) is 0 Å². The number of hydrogen-bond acceptors (Lipinski definition) is 5. The lowest BCUT2D eigenvalue weighted by molar-refractivity contribution is -0.122. The molecule has 1 unspecified atom stereocenters. The second-order valence-electron chi connectivity index (χ2n) is 5.77. The van der Waals surface area contributed by atoms with Crippen molar-refractivity contribution < 1.29 is 22.7 Å². The predicted molar refractivity (Wildman–Crippen MR) is 101 cm³/mol. The number of ether oxygens (including phenoxy) is 1. The van der Waals surface area contributed by atoms with Crippen LogP contribution in [0.25, 0.3) is 0 Å². The Morgan fingerprint density at radius 3 is 2.67 bits per heavy atom. The summed E-state index contributed by atoms with van der Waals surface area (Å²) >= 11 is 5.92. The summed E-state index contributed by atoms with van der Waals surface area (Å²) in [6.07, 6.45) is -0.598. The van der Waals surface area contributed by atoms with Gasteiger partial charge in [0, 0.05) is 11.3 Å². The molecule has 0 saturated heterocycles. The zero-order valence-electron chi connectivity index (χ0n) is 14.4. The van der Waals surface area contributed by atoms with Crippen molar-refractivity contribution in [3.63, 3.8) is 0 Å². The lowest BCUT2D eigenvalue weighted by Gasteiger charge is -2.23. The molecule has 0 saturated carbocycles. The lowest BCUT2D eigenvalue weighted by Crippen LogP contribution is -2.34. The van der Waals surface area contributed by atoms with Crippen LogP contribution in [-0.2, 0) is 14.8 Å². The van der Waals surface area contributed by atoms with Crippen LogP contribution in [0, 0.1) is 0 Å². The molecule has 1 aliphatic heterocycles. The van der Waals surface area contributed by atoms with Gasteiger partial charge in [-0.05, 0) is 50.4 Å². The van der Waals surface area contributed by atoms with Crippen LogP contribution in [0.4, 0.5) is 11.4 Å². The molecule has 2 aromatic rings. The molecule has 142 valence electrons. The molecule has 1 atom stereocenters. The van der Waals surface area contributed by atoms with Gasteiger partial charge in [-0.2, -0.15) is 0 Å². The normalized spacial score (nSPS) is 16.1. The topological polar surface area (TPSA) is 114 Å². The van der Waals surface area contributed by atoms with E-state index in [0.717, 1.165) is 0 Å². The molecule has 1 heterocycles. The SMILES string of the molecule is CNS(=O)(=O)c1cc(C(=O)Nc2ccc3c(c2)NC(=O)C(C)O3)ccc1Cl. The van der Waals surface area contributed by atoms with Crippen LogP contribution in [0.15, 0.2) is 41.3 Å². The Balaban J connectivity index is 1.85. The predicted octanol–water partition coefficient (Wildman–Crippen LogP) is 2.22. The highest BCUT2D eigenvalue weighted by atomic mass is 35.5. The van der Waals surface area contributed by atoms with Crippen molar-refractivity contribution in [1.82, 2.24) is 4.72 Å². The van der Waals surface area contributed by atoms with Crippen LogP contribution in [0.1, 0.15) is 17.3 Å². The molecule has 1 aliphatic rings. The lowest BCUT2D eigenvalue weighted by atomic mass is 10.2. The molecule has 3 rings (SSSR count). The summed E-state index contributed by atoms with van der Waals surface area (Å²) in [5.41, 5.74) is 0.954. The van der Waals surface area contributed by atoms with Crippen LogP contribution < -0.4 is 20.1 Å². The molecule has 0 aliphatic carbocycles.